The molecule has 0 aromatic carbocycles. The molecule has 94 valence electrons. The van der Waals surface area contributed by atoms with Crippen LogP contribution in [0.15, 0.2) is 12.1 Å². The van der Waals surface area contributed by atoms with E-state index >= 15 is 0 Å². The molecule has 2 heterocycles. The molecule has 3 nitrogen and oxygen atoms in total. The Hall–Kier alpha value is -1.09. The van der Waals surface area contributed by atoms with E-state index in [0.717, 1.165) is 24.5 Å². The third kappa shape index (κ3) is 2.97. The molecule has 2 rings (SSSR count). The normalized spacial score (nSPS) is 20.3. The number of rotatable bonds is 3. The fourth-order valence-electron chi connectivity index (χ4n) is 2.60. The van der Waals surface area contributed by atoms with Gasteiger partial charge in [-0.05, 0) is 32.4 Å². The van der Waals surface area contributed by atoms with Gasteiger partial charge in [-0.25, -0.2) is 0 Å². The first kappa shape index (κ1) is 12.4. The summed E-state index contributed by atoms with van der Waals surface area (Å²) in [6.07, 6.45) is 1.23. The Morgan fingerprint density at radius 1 is 1.35 bits per heavy atom. The lowest BCUT2D eigenvalue weighted by Gasteiger charge is -2.21. The van der Waals surface area contributed by atoms with Crippen LogP contribution in [0.25, 0.3) is 0 Å². The molecule has 0 bridgehead atoms. The predicted molar refractivity (Wildman–Crippen MR) is 72.6 cm³/mol. The van der Waals surface area contributed by atoms with E-state index in [-0.39, 0.29) is 0 Å². The second kappa shape index (κ2) is 5.05. The van der Waals surface area contributed by atoms with Crippen LogP contribution in [0.4, 0.5) is 5.69 Å². The van der Waals surface area contributed by atoms with Crippen molar-refractivity contribution in [3.63, 3.8) is 0 Å². The van der Waals surface area contributed by atoms with E-state index in [9.17, 15) is 0 Å². The Labute approximate surface area is 104 Å². The number of anilines is 1. The third-order valence-electron chi connectivity index (χ3n) is 3.30. The maximum Gasteiger partial charge on any atom is 0.0608 e. The van der Waals surface area contributed by atoms with E-state index in [0.29, 0.717) is 12.1 Å². The lowest BCUT2D eigenvalue weighted by molar-refractivity contribution is 0.492. The van der Waals surface area contributed by atoms with Crippen molar-refractivity contribution in [3.8, 4) is 0 Å². The molecule has 1 aromatic rings. The monoisotopic (exact) mass is 233 g/mol. The highest BCUT2D eigenvalue weighted by atomic mass is 15.2. The predicted octanol–water partition coefficient (Wildman–Crippen LogP) is 2.28. The number of hydrogen-bond acceptors (Lipinski definition) is 3. The van der Waals surface area contributed by atoms with Crippen LogP contribution in [-0.2, 0) is 0 Å². The van der Waals surface area contributed by atoms with Crippen LogP contribution in [0.3, 0.4) is 0 Å². The van der Waals surface area contributed by atoms with Gasteiger partial charge < -0.3 is 10.2 Å². The van der Waals surface area contributed by atoms with E-state index in [1.165, 1.54) is 12.1 Å². The van der Waals surface area contributed by atoms with Gasteiger partial charge in [0.25, 0.3) is 0 Å². The largest absolute Gasteiger partial charge is 0.368 e. The molecular weight excluding hydrogens is 210 g/mol. The standard InChI is InChI=1S/C14H23N3/c1-10(2)15-13-7-8-17(9-13)14-6-5-11(3)16-12(14)4/h5-6,10,13,15H,7-9H2,1-4H3. The Balaban J connectivity index is 2.05. The SMILES string of the molecule is Cc1ccc(N2CCC(NC(C)C)C2)c(C)n1. The van der Waals surface area contributed by atoms with E-state index < -0.39 is 0 Å². The van der Waals surface area contributed by atoms with E-state index in [1.807, 2.05) is 6.92 Å². The summed E-state index contributed by atoms with van der Waals surface area (Å²) in [7, 11) is 0. The number of pyridine rings is 1. The van der Waals surface area contributed by atoms with Crippen molar-refractivity contribution in [2.75, 3.05) is 18.0 Å². The Bertz CT molecular complexity index is 387. The first-order valence-corrected chi connectivity index (χ1v) is 6.51. The van der Waals surface area contributed by atoms with Crippen LogP contribution in [0.2, 0.25) is 0 Å². The molecule has 0 aliphatic carbocycles. The zero-order valence-corrected chi connectivity index (χ0v) is 11.3. The quantitative estimate of drug-likeness (QED) is 0.868. The maximum atomic E-state index is 4.54. The van der Waals surface area contributed by atoms with E-state index in [2.05, 4.69) is 48.1 Å². The minimum Gasteiger partial charge on any atom is -0.368 e. The molecular formula is C14H23N3. The van der Waals surface area contributed by atoms with Crippen LogP contribution in [0.1, 0.15) is 31.7 Å². The molecule has 1 aliphatic heterocycles. The molecule has 0 spiro atoms. The molecule has 0 saturated carbocycles. The van der Waals surface area contributed by atoms with Gasteiger partial charge in [-0.15, -0.1) is 0 Å². The first-order valence-electron chi connectivity index (χ1n) is 6.51. The second-order valence-electron chi connectivity index (χ2n) is 5.31. The van der Waals surface area contributed by atoms with Gasteiger partial charge in [-0.3, -0.25) is 4.98 Å². The Morgan fingerprint density at radius 3 is 2.76 bits per heavy atom. The van der Waals surface area contributed by atoms with Crippen molar-refractivity contribution in [1.29, 1.82) is 0 Å². The summed E-state index contributed by atoms with van der Waals surface area (Å²) in [4.78, 5) is 6.99. The summed E-state index contributed by atoms with van der Waals surface area (Å²) in [5.41, 5.74) is 3.54. The molecule has 1 unspecified atom stereocenters. The average Bonchev–Trinajstić information content (AvgIpc) is 2.65. The van der Waals surface area contributed by atoms with Gasteiger partial charge in [0.05, 0.1) is 11.4 Å². The topological polar surface area (TPSA) is 28.2 Å². The van der Waals surface area contributed by atoms with Crippen molar-refractivity contribution in [3.05, 3.63) is 23.5 Å². The van der Waals surface area contributed by atoms with Crippen molar-refractivity contribution in [2.45, 2.75) is 46.2 Å². The van der Waals surface area contributed by atoms with Gasteiger partial charge in [-0.2, -0.15) is 0 Å². The number of hydrogen-bond donors (Lipinski definition) is 1. The molecule has 1 atom stereocenters. The first-order chi connectivity index (χ1) is 8.06. The van der Waals surface area contributed by atoms with Gasteiger partial charge in [0.2, 0.25) is 0 Å². The van der Waals surface area contributed by atoms with Gasteiger partial charge in [0.1, 0.15) is 0 Å². The highest BCUT2D eigenvalue weighted by molar-refractivity contribution is 5.51. The van der Waals surface area contributed by atoms with Crippen LogP contribution in [-0.4, -0.2) is 30.2 Å². The molecule has 3 heteroatoms. The Kier molecular flexibility index (Phi) is 3.67. The molecule has 17 heavy (non-hydrogen) atoms. The number of aromatic nitrogens is 1. The van der Waals surface area contributed by atoms with Gasteiger partial charge in [-0.1, -0.05) is 13.8 Å². The van der Waals surface area contributed by atoms with Gasteiger partial charge >= 0.3 is 0 Å². The summed E-state index contributed by atoms with van der Waals surface area (Å²) in [6, 6.07) is 5.49. The zero-order valence-electron chi connectivity index (χ0n) is 11.3. The lowest BCUT2D eigenvalue weighted by Crippen LogP contribution is -2.37. The summed E-state index contributed by atoms with van der Waals surface area (Å²) in [6.45, 7) is 10.8. The molecule has 1 aliphatic rings. The van der Waals surface area contributed by atoms with Crippen LogP contribution in [0.5, 0.6) is 0 Å². The minimum absolute atomic E-state index is 0.567. The van der Waals surface area contributed by atoms with Crippen LogP contribution in [0, 0.1) is 13.8 Å². The van der Waals surface area contributed by atoms with Crippen LogP contribution < -0.4 is 10.2 Å². The lowest BCUT2D eigenvalue weighted by atomic mass is 10.2. The Morgan fingerprint density at radius 2 is 2.12 bits per heavy atom. The summed E-state index contributed by atoms with van der Waals surface area (Å²) in [5.74, 6) is 0. The number of nitrogens with one attached hydrogen (secondary N) is 1. The van der Waals surface area contributed by atoms with Crippen molar-refractivity contribution in [1.82, 2.24) is 10.3 Å². The maximum absolute atomic E-state index is 4.54. The average molecular weight is 233 g/mol. The van der Waals surface area contributed by atoms with Crippen molar-refractivity contribution < 1.29 is 0 Å². The van der Waals surface area contributed by atoms with Gasteiger partial charge in [0.15, 0.2) is 0 Å². The fourth-order valence-corrected chi connectivity index (χ4v) is 2.60. The van der Waals surface area contributed by atoms with Crippen LogP contribution >= 0.6 is 0 Å². The van der Waals surface area contributed by atoms with Crippen molar-refractivity contribution >= 4 is 5.69 Å². The molecule has 1 N–H and O–H groups in total. The smallest absolute Gasteiger partial charge is 0.0608 e. The number of aryl methyl sites for hydroxylation is 2. The van der Waals surface area contributed by atoms with E-state index in [1.54, 1.807) is 0 Å². The minimum atomic E-state index is 0.567. The van der Waals surface area contributed by atoms with Crippen molar-refractivity contribution in [2.24, 2.45) is 0 Å². The molecule has 1 fully saturated rings. The third-order valence-corrected chi connectivity index (χ3v) is 3.30. The molecule has 1 aromatic heterocycles. The van der Waals surface area contributed by atoms with Gasteiger partial charge in [0, 0.05) is 30.9 Å². The number of nitrogens with zero attached hydrogens (tertiary/aromatic N) is 2. The second-order valence-corrected chi connectivity index (χ2v) is 5.31. The summed E-state index contributed by atoms with van der Waals surface area (Å²) in [5, 5.41) is 3.61. The molecule has 0 radical (unpaired) electrons. The summed E-state index contributed by atoms with van der Waals surface area (Å²) >= 11 is 0. The zero-order chi connectivity index (χ0) is 12.4. The highest BCUT2D eigenvalue weighted by Gasteiger charge is 2.23. The highest BCUT2D eigenvalue weighted by Crippen LogP contribution is 2.23. The van der Waals surface area contributed by atoms with E-state index in [4.69, 9.17) is 0 Å². The summed E-state index contributed by atoms with van der Waals surface area (Å²) < 4.78 is 0. The molecule has 0 amide bonds. The molecule has 1 saturated heterocycles. The fraction of sp³-hybridized carbons (Fsp3) is 0.643.